The summed E-state index contributed by atoms with van der Waals surface area (Å²) in [7, 11) is 0. The highest BCUT2D eigenvalue weighted by molar-refractivity contribution is 6.11. The average Bonchev–Trinajstić information content (AvgIpc) is 0.970. The van der Waals surface area contributed by atoms with Gasteiger partial charge >= 0.3 is 35.8 Å². The number of aliphatic hydroxyl groups is 4. The summed E-state index contributed by atoms with van der Waals surface area (Å²) in [6.45, 7) is -2.49. The normalized spacial score (nSPS) is 23.0. The van der Waals surface area contributed by atoms with Crippen LogP contribution in [0.2, 0.25) is 0 Å². The molecule has 4 aliphatic heterocycles. The first-order valence-corrected chi connectivity index (χ1v) is 25.2. The van der Waals surface area contributed by atoms with Gasteiger partial charge in [0.2, 0.25) is 53.2 Å². The quantitative estimate of drug-likeness (QED) is 0.0559. The smallest absolute Gasteiger partial charge is 0.343 e. The monoisotopic (exact) mass is 1270 g/mol. The van der Waals surface area contributed by atoms with Crippen molar-refractivity contribution in [2.24, 2.45) is 0 Å². The van der Waals surface area contributed by atoms with Gasteiger partial charge in [-0.05, 0) is 42.5 Å². The molecular weight excluding hydrogens is 1220 g/mol. The van der Waals surface area contributed by atoms with E-state index in [-0.39, 0.29) is 0 Å². The molecule has 0 bridgehead atoms. The SMILES string of the molecule is O=C(O[C@H]1O[C@@H]2COC(=O)c3cc(O)c(O)c(O)c3-c3c(O)c(O)c(O)c(Oc4cc(C(=O)O[C@H]5O[C@H](CO)[C@@H](O)[C@H]6OC(=O)c7cc(O)c(O)c(O)c7-c7c(cc(O)c(O)c7O)C(=O)O[C@@H]56)cc(O)c4O)c3C(=O)O[C@H]2[C@H](O)[C@H]1O)c1cc(O)c(O)c(O)c1. The number of phenols is 17. The van der Waals surface area contributed by atoms with E-state index < -0.39 is 275 Å². The number of carbonyl (C=O) groups excluding carboxylic acids is 6. The third kappa shape index (κ3) is 10.1. The molecule has 10 rings (SSSR count). The number of aromatic hydroxyl groups is 17. The van der Waals surface area contributed by atoms with Gasteiger partial charge in [0, 0.05) is 16.7 Å². The zero-order valence-electron chi connectivity index (χ0n) is 44.2. The number of benzene rings is 6. The van der Waals surface area contributed by atoms with Crippen LogP contribution in [0.5, 0.6) is 109 Å². The molecule has 0 unspecified atom stereocenters. The molecule has 6 aromatic carbocycles. The lowest BCUT2D eigenvalue weighted by atomic mass is 9.91. The molecule has 4 heterocycles. The average molecular weight is 1270 g/mol. The summed E-state index contributed by atoms with van der Waals surface area (Å²) in [5.74, 6) is -37.8. The Kier molecular flexibility index (Phi) is 15.4. The molecule has 10 atom stereocenters. The number of carbonyl (C=O) groups is 6. The zero-order chi connectivity index (χ0) is 65.7. The number of esters is 6. The Balaban J connectivity index is 1.04. The van der Waals surface area contributed by atoms with E-state index >= 15 is 0 Å². The van der Waals surface area contributed by atoms with Crippen LogP contribution < -0.4 is 4.74 Å². The first kappa shape index (κ1) is 61.4. The number of rotatable bonds is 7. The minimum atomic E-state index is -2.56. The molecule has 36 nitrogen and oxygen atoms in total. The molecule has 90 heavy (non-hydrogen) atoms. The second-order valence-electron chi connectivity index (χ2n) is 19.7. The Morgan fingerprint density at radius 2 is 0.844 bits per heavy atom. The Morgan fingerprint density at radius 1 is 0.411 bits per heavy atom. The van der Waals surface area contributed by atoms with Gasteiger partial charge in [-0.15, -0.1) is 0 Å². The van der Waals surface area contributed by atoms with Crippen molar-refractivity contribution in [1.29, 1.82) is 0 Å². The molecule has 2 fully saturated rings. The molecule has 2 saturated heterocycles. The molecule has 0 aliphatic carbocycles. The summed E-state index contributed by atoms with van der Waals surface area (Å²) in [5, 5.41) is 227. The van der Waals surface area contributed by atoms with Crippen LogP contribution >= 0.6 is 0 Å². The van der Waals surface area contributed by atoms with Gasteiger partial charge in [-0.3, -0.25) is 0 Å². The van der Waals surface area contributed by atoms with E-state index in [1.165, 1.54) is 0 Å². The molecule has 0 amide bonds. The summed E-state index contributed by atoms with van der Waals surface area (Å²) in [5.41, 5.74) is -11.5. The highest BCUT2D eigenvalue weighted by Crippen LogP contribution is 2.59. The maximum absolute atomic E-state index is 14.9. The van der Waals surface area contributed by atoms with Gasteiger partial charge in [-0.2, -0.15) is 0 Å². The largest absolute Gasteiger partial charge is 0.504 e. The number of phenolic OH excluding ortho intramolecular Hbond substituents is 17. The van der Waals surface area contributed by atoms with Crippen LogP contribution in [0.4, 0.5) is 0 Å². The third-order valence-corrected chi connectivity index (χ3v) is 14.3. The van der Waals surface area contributed by atoms with E-state index in [0.717, 1.165) is 0 Å². The van der Waals surface area contributed by atoms with Crippen molar-refractivity contribution >= 4 is 35.8 Å². The molecule has 0 aromatic heterocycles. The first-order valence-electron chi connectivity index (χ1n) is 25.2. The summed E-state index contributed by atoms with van der Waals surface area (Å²) in [6.07, 6.45) is -23.7. The van der Waals surface area contributed by atoms with E-state index in [1.807, 2.05) is 0 Å². The topological polar surface area (TPSA) is 610 Å². The van der Waals surface area contributed by atoms with Crippen molar-refractivity contribution in [3.8, 4) is 131 Å². The van der Waals surface area contributed by atoms with Crippen molar-refractivity contribution < 1.29 is 179 Å². The molecule has 36 heteroatoms. The third-order valence-electron chi connectivity index (χ3n) is 14.3. The number of ether oxygens (including phenoxy) is 9. The molecule has 0 spiro atoms. The maximum Gasteiger partial charge on any atom is 0.343 e. The van der Waals surface area contributed by atoms with Gasteiger partial charge in [0.1, 0.15) is 42.7 Å². The molecular formula is C54H42O36. The van der Waals surface area contributed by atoms with Crippen LogP contribution in [-0.2, 0) is 37.9 Å². The molecule has 21 N–H and O–H groups in total. The Hall–Kier alpha value is -11.7. The summed E-state index contributed by atoms with van der Waals surface area (Å²) in [4.78, 5) is 84.5. The van der Waals surface area contributed by atoms with Crippen LogP contribution in [-0.4, -0.2) is 218 Å². The number of aliphatic hydroxyl groups excluding tert-OH is 4. The van der Waals surface area contributed by atoms with Gasteiger partial charge in [-0.1, -0.05) is 0 Å². The standard InChI is InChI=1S/C54H42O36/c55-8-22-34(67)45-46(88-51(80)14-7-20(61)32(65)36(69)25(14)24-13(50(79)87-45)6-19(60)31(64)35(24)68)54(84-22)90-48(77)11-3-17(58)30(63)21(4-11)83-44-28-27(38(71)39(72)40(44)73)26-12(5-18(59)33(66)37(26)70)49(78)82-9-23-43(86-52(28)81)41(74)42(75)53(85-23)89-47(76)10-1-15(56)29(62)16(57)2-10/h1-7,22-23,34,41-43,45-46,53-75H,8-9H2/t22-,23-,34-,41-,42-,43-,45-,46-,53-,54-/m1/s1. The van der Waals surface area contributed by atoms with Gasteiger partial charge in [0.15, 0.2) is 87.0 Å². The fraction of sp³-hybridized carbons (Fsp3) is 0.222. The second-order valence-corrected chi connectivity index (χ2v) is 19.7. The van der Waals surface area contributed by atoms with Crippen LogP contribution in [0.15, 0.2) is 42.5 Å². The van der Waals surface area contributed by atoms with Gasteiger partial charge < -0.3 is 150 Å². The summed E-state index contributed by atoms with van der Waals surface area (Å²) in [6, 6.07) is 3.11. The van der Waals surface area contributed by atoms with Gasteiger partial charge in [0.25, 0.3) is 0 Å². The lowest BCUT2D eigenvalue weighted by Crippen LogP contribution is -2.62. The van der Waals surface area contributed by atoms with Crippen molar-refractivity contribution in [3.05, 3.63) is 75.8 Å². The molecule has 0 saturated carbocycles. The molecule has 6 aromatic rings. The highest BCUT2D eigenvalue weighted by Gasteiger charge is 2.54. The van der Waals surface area contributed by atoms with Gasteiger partial charge in [-0.25, -0.2) is 28.8 Å². The lowest BCUT2D eigenvalue weighted by Gasteiger charge is -2.42. The zero-order valence-corrected chi connectivity index (χ0v) is 44.2. The number of cyclic esters (lactones) is 1. The van der Waals surface area contributed by atoms with Crippen LogP contribution in [0.3, 0.4) is 0 Å². The Labute approximate surface area is 495 Å². The van der Waals surface area contributed by atoms with Crippen molar-refractivity contribution in [2.45, 2.75) is 61.4 Å². The lowest BCUT2D eigenvalue weighted by molar-refractivity contribution is -0.284. The highest BCUT2D eigenvalue weighted by atomic mass is 16.7. The van der Waals surface area contributed by atoms with Crippen molar-refractivity contribution in [3.63, 3.8) is 0 Å². The minimum absolute atomic E-state index is 0.350. The first-order chi connectivity index (χ1) is 42.4. The predicted octanol–water partition coefficient (Wildman–Crippen LogP) is -0.193. The number of hydrogen-bond donors (Lipinski definition) is 21. The fourth-order valence-corrected chi connectivity index (χ4v) is 9.84. The van der Waals surface area contributed by atoms with E-state index in [9.17, 15) is 136 Å². The van der Waals surface area contributed by atoms with Crippen LogP contribution in [0.1, 0.15) is 62.1 Å². The molecule has 4 aliphatic rings. The van der Waals surface area contributed by atoms with Crippen molar-refractivity contribution in [1.82, 2.24) is 0 Å². The fourth-order valence-electron chi connectivity index (χ4n) is 9.84. The van der Waals surface area contributed by atoms with E-state index in [0.29, 0.717) is 42.5 Å². The number of hydrogen-bond acceptors (Lipinski definition) is 36. The maximum atomic E-state index is 14.9. The van der Waals surface area contributed by atoms with Crippen LogP contribution in [0.25, 0.3) is 22.3 Å². The van der Waals surface area contributed by atoms with E-state index in [4.69, 9.17) is 42.6 Å². The summed E-state index contributed by atoms with van der Waals surface area (Å²) >= 11 is 0. The second kappa shape index (κ2) is 22.5. The number of fused-ring (bicyclic) bond motifs is 8. The van der Waals surface area contributed by atoms with E-state index in [2.05, 4.69) is 0 Å². The molecule has 474 valence electrons. The van der Waals surface area contributed by atoms with Crippen molar-refractivity contribution in [2.75, 3.05) is 13.2 Å². The predicted molar refractivity (Wildman–Crippen MR) is 276 cm³/mol. The van der Waals surface area contributed by atoms with E-state index in [1.54, 1.807) is 0 Å². The minimum Gasteiger partial charge on any atom is -0.504 e. The summed E-state index contributed by atoms with van der Waals surface area (Å²) < 4.78 is 48.9. The van der Waals surface area contributed by atoms with Gasteiger partial charge in [0.05, 0.1) is 40.0 Å². The Bertz CT molecular complexity index is 4060. The molecule has 0 radical (unpaired) electrons. The van der Waals surface area contributed by atoms with Crippen LogP contribution in [0, 0.1) is 0 Å². The Morgan fingerprint density at radius 3 is 1.37 bits per heavy atom.